The van der Waals surface area contributed by atoms with E-state index in [9.17, 15) is 0 Å². The molecule has 0 amide bonds. The lowest BCUT2D eigenvalue weighted by atomic mass is 10.2. The van der Waals surface area contributed by atoms with Crippen molar-refractivity contribution in [2.45, 2.75) is 25.5 Å². The maximum absolute atomic E-state index is 5.47. The minimum absolute atomic E-state index is 0.513. The third-order valence-electron chi connectivity index (χ3n) is 2.47. The van der Waals surface area contributed by atoms with Gasteiger partial charge in [-0.25, -0.2) is 0 Å². The van der Waals surface area contributed by atoms with Gasteiger partial charge in [0.25, 0.3) is 0 Å². The highest BCUT2D eigenvalue weighted by Crippen LogP contribution is 2.26. The lowest BCUT2D eigenvalue weighted by Gasteiger charge is -2.24. The minimum Gasteiger partial charge on any atom is -0.375 e. The SMILES string of the molecule is CC#CCN1CC2CC1CO2. The Labute approximate surface area is 67.5 Å². The molecule has 2 fully saturated rings. The van der Waals surface area contributed by atoms with Crippen molar-refractivity contribution in [3.8, 4) is 11.8 Å². The van der Waals surface area contributed by atoms with Gasteiger partial charge in [0.15, 0.2) is 0 Å². The molecule has 2 bridgehead atoms. The standard InChI is InChI=1S/C9H13NO/c1-2-3-4-10-6-9-5-8(10)7-11-9/h8-9H,4-7H2,1H3. The van der Waals surface area contributed by atoms with Crippen LogP contribution in [0.1, 0.15) is 13.3 Å². The Bertz CT molecular complexity index is 203. The Morgan fingerprint density at radius 1 is 1.64 bits per heavy atom. The molecule has 2 atom stereocenters. The second kappa shape index (κ2) is 2.84. The van der Waals surface area contributed by atoms with Gasteiger partial charge in [-0.15, -0.1) is 5.92 Å². The lowest BCUT2D eigenvalue weighted by molar-refractivity contribution is 0.0363. The van der Waals surface area contributed by atoms with E-state index in [2.05, 4.69) is 16.7 Å². The Kier molecular flexibility index (Phi) is 1.85. The number of ether oxygens (including phenoxy) is 1. The molecule has 2 rings (SSSR count). The third-order valence-corrected chi connectivity index (χ3v) is 2.47. The number of rotatable bonds is 1. The first-order valence-corrected chi connectivity index (χ1v) is 4.15. The molecular formula is C9H13NO. The maximum Gasteiger partial charge on any atom is 0.0719 e. The first-order valence-electron chi connectivity index (χ1n) is 4.15. The molecule has 0 saturated carbocycles. The lowest BCUT2D eigenvalue weighted by Crippen LogP contribution is -2.37. The summed E-state index contributed by atoms with van der Waals surface area (Å²) in [7, 11) is 0. The summed E-state index contributed by atoms with van der Waals surface area (Å²) < 4.78 is 5.47. The maximum atomic E-state index is 5.47. The van der Waals surface area contributed by atoms with Gasteiger partial charge >= 0.3 is 0 Å². The zero-order valence-corrected chi connectivity index (χ0v) is 6.84. The smallest absolute Gasteiger partial charge is 0.0719 e. The number of morpholine rings is 1. The molecule has 0 aromatic rings. The Hall–Kier alpha value is -0.520. The number of likely N-dealkylation sites (tertiary alicyclic amines) is 1. The predicted octanol–water partition coefficient (Wildman–Crippen LogP) is 0.483. The van der Waals surface area contributed by atoms with E-state index in [0.29, 0.717) is 12.1 Å². The summed E-state index contributed by atoms with van der Waals surface area (Å²) in [5.74, 6) is 6.02. The van der Waals surface area contributed by atoms with Crippen molar-refractivity contribution in [2.24, 2.45) is 0 Å². The Morgan fingerprint density at radius 3 is 3.09 bits per heavy atom. The number of nitrogens with zero attached hydrogens (tertiary/aromatic N) is 1. The highest BCUT2D eigenvalue weighted by molar-refractivity contribution is 5.02. The van der Waals surface area contributed by atoms with Gasteiger partial charge < -0.3 is 4.74 Å². The first kappa shape index (κ1) is 7.15. The van der Waals surface area contributed by atoms with Crippen LogP contribution in [0.4, 0.5) is 0 Å². The summed E-state index contributed by atoms with van der Waals surface area (Å²) in [6.45, 7) is 4.85. The van der Waals surface area contributed by atoms with Crippen LogP contribution in [0.2, 0.25) is 0 Å². The molecule has 2 saturated heterocycles. The molecule has 0 N–H and O–H groups in total. The molecular weight excluding hydrogens is 138 g/mol. The summed E-state index contributed by atoms with van der Waals surface area (Å²) in [5, 5.41) is 0. The second-order valence-corrected chi connectivity index (χ2v) is 3.20. The van der Waals surface area contributed by atoms with E-state index in [1.54, 1.807) is 0 Å². The molecule has 2 aliphatic heterocycles. The van der Waals surface area contributed by atoms with E-state index in [1.807, 2.05) is 6.92 Å². The minimum atomic E-state index is 0.513. The first-order chi connectivity index (χ1) is 5.40. The van der Waals surface area contributed by atoms with Crippen LogP contribution in [0.5, 0.6) is 0 Å². The molecule has 11 heavy (non-hydrogen) atoms. The summed E-state index contributed by atoms with van der Waals surface area (Å²) >= 11 is 0. The van der Waals surface area contributed by atoms with Crippen molar-refractivity contribution in [3.05, 3.63) is 0 Å². The molecule has 0 radical (unpaired) electrons. The zero-order valence-electron chi connectivity index (χ0n) is 6.84. The zero-order chi connectivity index (χ0) is 7.68. The highest BCUT2D eigenvalue weighted by Gasteiger charge is 2.38. The van der Waals surface area contributed by atoms with Crippen molar-refractivity contribution in [1.82, 2.24) is 4.90 Å². The highest BCUT2D eigenvalue weighted by atomic mass is 16.5. The largest absolute Gasteiger partial charge is 0.375 e. The molecule has 0 aromatic heterocycles. The van der Waals surface area contributed by atoms with Crippen LogP contribution in [-0.2, 0) is 4.74 Å². The van der Waals surface area contributed by atoms with Crippen molar-refractivity contribution in [3.63, 3.8) is 0 Å². The average Bonchev–Trinajstić information content (AvgIpc) is 2.60. The summed E-state index contributed by atoms with van der Waals surface area (Å²) in [6, 6.07) is 0.667. The van der Waals surface area contributed by atoms with Gasteiger partial charge in [0, 0.05) is 12.6 Å². The molecule has 0 spiro atoms. The van der Waals surface area contributed by atoms with Gasteiger partial charge in [0.2, 0.25) is 0 Å². The van der Waals surface area contributed by atoms with Gasteiger partial charge in [-0.1, -0.05) is 5.92 Å². The quantitative estimate of drug-likeness (QED) is 0.505. The van der Waals surface area contributed by atoms with Crippen molar-refractivity contribution >= 4 is 0 Å². The van der Waals surface area contributed by atoms with Gasteiger partial charge in [-0.05, 0) is 13.3 Å². The van der Waals surface area contributed by atoms with Gasteiger partial charge in [-0.3, -0.25) is 4.90 Å². The number of hydrogen-bond acceptors (Lipinski definition) is 2. The van der Waals surface area contributed by atoms with E-state index in [-0.39, 0.29) is 0 Å². The Balaban J connectivity index is 1.90. The van der Waals surface area contributed by atoms with Crippen LogP contribution in [-0.4, -0.2) is 36.7 Å². The fraction of sp³-hybridized carbons (Fsp3) is 0.778. The Morgan fingerprint density at radius 2 is 2.55 bits per heavy atom. The monoisotopic (exact) mass is 151 g/mol. The molecule has 60 valence electrons. The van der Waals surface area contributed by atoms with Crippen LogP contribution >= 0.6 is 0 Å². The van der Waals surface area contributed by atoms with Crippen LogP contribution < -0.4 is 0 Å². The topological polar surface area (TPSA) is 12.5 Å². The van der Waals surface area contributed by atoms with E-state index in [1.165, 1.54) is 6.42 Å². The second-order valence-electron chi connectivity index (χ2n) is 3.20. The average molecular weight is 151 g/mol. The van der Waals surface area contributed by atoms with Crippen molar-refractivity contribution < 1.29 is 4.74 Å². The van der Waals surface area contributed by atoms with Gasteiger partial charge in [-0.2, -0.15) is 0 Å². The molecule has 2 nitrogen and oxygen atoms in total. The number of hydrogen-bond donors (Lipinski definition) is 0. The predicted molar refractivity (Wildman–Crippen MR) is 43.2 cm³/mol. The van der Waals surface area contributed by atoms with Crippen LogP contribution in [0, 0.1) is 11.8 Å². The number of fused-ring (bicyclic) bond motifs is 2. The van der Waals surface area contributed by atoms with Crippen LogP contribution in [0.15, 0.2) is 0 Å². The molecule has 2 unspecified atom stereocenters. The third kappa shape index (κ3) is 1.26. The molecule has 2 heteroatoms. The van der Waals surface area contributed by atoms with Crippen LogP contribution in [0.3, 0.4) is 0 Å². The summed E-state index contributed by atoms with van der Waals surface area (Å²) in [5.41, 5.74) is 0. The van der Waals surface area contributed by atoms with Crippen molar-refractivity contribution in [1.29, 1.82) is 0 Å². The molecule has 0 aliphatic carbocycles. The normalized spacial score (nSPS) is 35.4. The van der Waals surface area contributed by atoms with E-state index in [4.69, 9.17) is 4.74 Å². The summed E-state index contributed by atoms with van der Waals surface area (Å²) in [6.07, 6.45) is 1.74. The molecule has 2 heterocycles. The fourth-order valence-corrected chi connectivity index (χ4v) is 1.85. The molecule has 0 aromatic carbocycles. The summed E-state index contributed by atoms with van der Waals surface area (Å²) in [4.78, 5) is 2.42. The fourth-order valence-electron chi connectivity index (χ4n) is 1.85. The van der Waals surface area contributed by atoms with E-state index < -0.39 is 0 Å². The van der Waals surface area contributed by atoms with E-state index in [0.717, 1.165) is 19.7 Å². The van der Waals surface area contributed by atoms with Gasteiger partial charge in [0.1, 0.15) is 0 Å². The van der Waals surface area contributed by atoms with Crippen molar-refractivity contribution in [2.75, 3.05) is 19.7 Å². The van der Waals surface area contributed by atoms with Gasteiger partial charge in [0.05, 0.1) is 19.3 Å². The molecule has 2 aliphatic rings. The van der Waals surface area contributed by atoms with Crippen LogP contribution in [0.25, 0.3) is 0 Å². The van der Waals surface area contributed by atoms with E-state index >= 15 is 0 Å².